The molecule has 0 amide bonds. The van der Waals surface area contributed by atoms with Crippen LogP contribution in [-0.4, -0.2) is 61.3 Å². The summed E-state index contributed by atoms with van der Waals surface area (Å²) < 4.78 is 11.0. The molecule has 1 atom stereocenters. The monoisotopic (exact) mass is 556 g/mol. The summed E-state index contributed by atoms with van der Waals surface area (Å²) in [5.41, 5.74) is 1.22. The average Bonchev–Trinajstić information content (AvgIpc) is 3.48. The van der Waals surface area contributed by atoms with E-state index in [2.05, 4.69) is 56.6 Å². The zero-order chi connectivity index (χ0) is 22.1. The van der Waals surface area contributed by atoms with E-state index >= 15 is 0 Å². The first-order valence-corrected chi connectivity index (χ1v) is 11.3. The van der Waals surface area contributed by atoms with E-state index in [-0.39, 0.29) is 35.9 Å². The zero-order valence-electron chi connectivity index (χ0n) is 19.6. The Balaban J connectivity index is 0.00000363. The number of nitrogens with zero attached hydrogens (tertiary/aromatic N) is 4. The third kappa shape index (κ3) is 7.33. The van der Waals surface area contributed by atoms with Crippen LogP contribution in [0.3, 0.4) is 0 Å². The quantitative estimate of drug-likeness (QED) is 0.200. The number of para-hydroxylation sites is 1. The molecule has 1 aliphatic rings. The summed E-state index contributed by atoms with van der Waals surface area (Å²) in [6, 6.07) is 8.54. The van der Waals surface area contributed by atoms with Crippen LogP contribution in [0.2, 0.25) is 0 Å². The van der Waals surface area contributed by atoms with Crippen molar-refractivity contribution in [2.45, 2.75) is 51.5 Å². The molecule has 178 valence electrons. The number of aryl methyl sites for hydroxylation is 1. The van der Waals surface area contributed by atoms with E-state index in [4.69, 9.17) is 9.26 Å². The molecule has 1 aromatic carbocycles. The van der Waals surface area contributed by atoms with E-state index in [0.717, 1.165) is 56.6 Å². The number of hydrogen-bond donors (Lipinski definition) is 2. The van der Waals surface area contributed by atoms with Gasteiger partial charge in [0.2, 0.25) is 5.89 Å². The summed E-state index contributed by atoms with van der Waals surface area (Å²) >= 11 is 0. The standard InChI is InChI=1S/C23H36N6O2.HI/c1-17(2)22-27-21(31-28-22)12-9-13-25-23(24-3)26-16-19(29-14-7-8-15-29)18-10-5-6-11-20(18)30-4;/h5-6,10-11,17,19H,7-9,12-16H2,1-4H3,(H2,24,25,26);1H. The fourth-order valence-corrected chi connectivity index (χ4v) is 3.90. The minimum Gasteiger partial charge on any atom is -0.496 e. The van der Waals surface area contributed by atoms with Gasteiger partial charge in [0, 0.05) is 38.0 Å². The second-order valence-electron chi connectivity index (χ2n) is 8.19. The molecule has 2 heterocycles. The molecule has 1 aliphatic heterocycles. The van der Waals surface area contributed by atoms with Gasteiger partial charge in [0.15, 0.2) is 11.8 Å². The number of hydrogen-bond acceptors (Lipinski definition) is 6. The zero-order valence-corrected chi connectivity index (χ0v) is 22.0. The highest BCUT2D eigenvalue weighted by Crippen LogP contribution is 2.31. The van der Waals surface area contributed by atoms with Crippen molar-refractivity contribution >= 4 is 29.9 Å². The lowest BCUT2D eigenvalue weighted by Gasteiger charge is -2.30. The first kappa shape index (κ1) is 26.4. The van der Waals surface area contributed by atoms with Gasteiger partial charge in [0.1, 0.15) is 5.75 Å². The summed E-state index contributed by atoms with van der Waals surface area (Å²) in [6.07, 6.45) is 4.13. The lowest BCUT2D eigenvalue weighted by atomic mass is 10.0. The summed E-state index contributed by atoms with van der Waals surface area (Å²) in [7, 11) is 3.54. The first-order chi connectivity index (χ1) is 15.1. The van der Waals surface area contributed by atoms with Crippen LogP contribution in [-0.2, 0) is 6.42 Å². The summed E-state index contributed by atoms with van der Waals surface area (Å²) in [5, 5.41) is 10.9. The Kier molecular flexibility index (Phi) is 11.2. The van der Waals surface area contributed by atoms with Gasteiger partial charge in [0.05, 0.1) is 13.2 Å². The van der Waals surface area contributed by atoms with Gasteiger partial charge in [-0.1, -0.05) is 37.2 Å². The predicted octanol–water partition coefficient (Wildman–Crippen LogP) is 3.75. The fraction of sp³-hybridized carbons (Fsp3) is 0.609. The molecule has 0 spiro atoms. The number of guanidine groups is 1. The molecule has 1 saturated heterocycles. The number of likely N-dealkylation sites (tertiary alicyclic amines) is 1. The first-order valence-electron chi connectivity index (χ1n) is 11.3. The van der Waals surface area contributed by atoms with Gasteiger partial charge in [-0.2, -0.15) is 4.98 Å². The van der Waals surface area contributed by atoms with E-state index in [1.54, 1.807) is 14.2 Å². The number of ether oxygens (including phenoxy) is 1. The molecule has 0 bridgehead atoms. The lowest BCUT2D eigenvalue weighted by molar-refractivity contribution is 0.239. The minimum absolute atomic E-state index is 0. The van der Waals surface area contributed by atoms with Crippen LogP contribution >= 0.6 is 24.0 Å². The maximum Gasteiger partial charge on any atom is 0.226 e. The molecule has 2 N–H and O–H groups in total. The Hall–Kier alpha value is -1.88. The van der Waals surface area contributed by atoms with Crippen molar-refractivity contribution in [2.24, 2.45) is 4.99 Å². The molecule has 0 aliphatic carbocycles. The van der Waals surface area contributed by atoms with Crippen molar-refractivity contribution in [3.63, 3.8) is 0 Å². The minimum atomic E-state index is 0. The van der Waals surface area contributed by atoms with Crippen LogP contribution in [0.25, 0.3) is 0 Å². The van der Waals surface area contributed by atoms with Crippen molar-refractivity contribution < 1.29 is 9.26 Å². The molecule has 1 aromatic heterocycles. The van der Waals surface area contributed by atoms with Gasteiger partial charge in [0.25, 0.3) is 0 Å². The SMILES string of the molecule is CN=C(NCCCc1nc(C(C)C)no1)NCC(c1ccccc1OC)N1CCCC1.I. The maximum atomic E-state index is 5.64. The molecule has 1 unspecified atom stereocenters. The van der Waals surface area contributed by atoms with Crippen LogP contribution in [0.4, 0.5) is 0 Å². The van der Waals surface area contributed by atoms with Crippen LogP contribution in [0, 0.1) is 0 Å². The number of rotatable bonds is 10. The number of benzene rings is 1. The summed E-state index contributed by atoms with van der Waals surface area (Å²) in [5.74, 6) is 3.48. The molecular weight excluding hydrogens is 519 g/mol. The largest absolute Gasteiger partial charge is 0.496 e. The number of nitrogens with one attached hydrogen (secondary N) is 2. The van der Waals surface area contributed by atoms with Crippen molar-refractivity contribution in [1.82, 2.24) is 25.7 Å². The van der Waals surface area contributed by atoms with Gasteiger partial charge in [-0.25, -0.2) is 0 Å². The molecule has 2 aromatic rings. The molecular formula is C23H37IN6O2. The molecule has 0 radical (unpaired) electrons. The topological polar surface area (TPSA) is 87.8 Å². The van der Waals surface area contributed by atoms with E-state index in [0.29, 0.717) is 5.89 Å². The third-order valence-electron chi connectivity index (χ3n) is 5.63. The second-order valence-corrected chi connectivity index (χ2v) is 8.19. The molecule has 3 rings (SSSR count). The van der Waals surface area contributed by atoms with Crippen molar-refractivity contribution in [2.75, 3.05) is 40.3 Å². The molecule has 32 heavy (non-hydrogen) atoms. The van der Waals surface area contributed by atoms with Crippen LogP contribution in [0.5, 0.6) is 5.75 Å². The Morgan fingerprint density at radius 3 is 2.62 bits per heavy atom. The highest BCUT2D eigenvalue weighted by molar-refractivity contribution is 14.0. The lowest BCUT2D eigenvalue weighted by Crippen LogP contribution is -2.43. The highest BCUT2D eigenvalue weighted by atomic mass is 127. The van der Waals surface area contributed by atoms with Crippen molar-refractivity contribution in [1.29, 1.82) is 0 Å². The number of halogens is 1. The Morgan fingerprint density at radius 2 is 1.97 bits per heavy atom. The van der Waals surface area contributed by atoms with Crippen LogP contribution in [0.1, 0.15) is 62.3 Å². The third-order valence-corrected chi connectivity index (χ3v) is 5.63. The number of aliphatic imine (C=N–C) groups is 1. The van der Waals surface area contributed by atoms with E-state index in [1.807, 2.05) is 12.1 Å². The van der Waals surface area contributed by atoms with Gasteiger partial charge < -0.3 is 19.9 Å². The van der Waals surface area contributed by atoms with Crippen molar-refractivity contribution in [3.05, 3.63) is 41.5 Å². The second kappa shape index (κ2) is 13.6. The maximum absolute atomic E-state index is 5.64. The van der Waals surface area contributed by atoms with Gasteiger partial charge in [-0.15, -0.1) is 24.0 Å². The number of aromatic nitrogens is 2. The van der Waals surface area contributed by atoms with Gasteiger partial charge >= 0.3 is 0 Å². The van der Waals surface area contributed by atoms with Gasteiger partial charge in [-0.05, 0) is 38.4 Å². The smallest absolute Gasteiger partial charge is 0.226 e. The summed E-state index contributed by atoms with van der Waals surface area (Å²) in [4.78, 5) is 11.3. The van der Waals surface area contributed by atoms with E-state index in [1.165, 1.54) is 18.4 Å². The Bertz CT molecular complexity index is 835. The molecule has 1 fully saturated rings. The summed E-state index contributed by atoms with van der Waals surface area (Å²) in [6.45, 7) is 7.89. The molecule has 9 heteroatoms. The van der Waals surface area contributed by atoms with Crippen LogP contribution < -0.4 is 15.4 Å². The Labute approximate surface area is 208 Å². The molecule has 0 saturated carbocycles. The highest BCUT2D eigenvalue weighted by Gasteiger charge is 2.26. The van der Waals surface area contributed by atoms with E-state index in [9.17, 15) is 0 Å². The van der Waals surface area contributed by atoms with Gasteiger partial charge in [-0.3, -0.25) is 9.89 Å². The van der Waals surface area contributed by atoms with Crippen molar-refractivity contribution in [3.8, 4) is 5.75 Å². The van der Waals surface area contributed by atoms with E-state index < -0.39 is 0 Å². The normalized spacial score (nSPS) is 15.5. The fourth-order valence-electron chi connectivity index (χ4n) is 3.90. The Morgan fingerprint density at radius 1 is 1.22 bits per heavy atom. The van der Waals surface area contributed by atoms with Crippen LogP contribution in [0.15, 0.2) is 33.8 Å². The average molecular weight is 556 g/mol. The number of methoxy groups -OCH3 is 1. The predicted molar refractivity (Wildman–Crippen MR) is 138 cm³/mol. The molecule has 8 nitrogen and oxygen atoms in total.